The molecule has 0 aliphatic heterocycles. The van der Waals surface area contributed by atoms with Crippen LogP contribution in [0.15, 0.2) is 36.4 Å². The Hall–Kier alpha value is -2.62. The van der Waals surface area contributed by atoms with Gasteiger partial charge in [-0.05, 0) is 82.0 Å². The van der Waals surface area contributed by atoms with Crippen LogP contribution in [0, 0.1) is 33.1 Å². The number of hydrogen-bond acceptors (Lipinski definition) is 2. The number of nitrogens with one attached hydrogen (secondary N) is 2. The third-order valence-corrected chi connectivity index (χ3v) is 4.47. The Morgan fingerprint density at radius 2 is 1.40 bits per heavy atom. The Morgan fingerprint density at radius 1 is 0.840 bits per heavy atom. The number of anilines is 2. The molecule has 0 aliphatic carbocycles. The van der Waals surface area contributed by atoms with E-state index in [0.717, 1.165) is 27.9 Å². The van der Waals surface area contributed by atoms with Crippen molar-refractivity contribution in [1.82, 2.24) is 0 Å². The van der Waals surface area contributed by atoms with Crippen molar-refractivity contribution in [2.24, 2.45) is 5.41 Å². The molecular formula is C21H26N2O2. The van der Waals surface area contributed by atoms with Gasteiger partial charge in [0.2, 0.25) is 11.8 Å². The molecule has 0 aromatic heterocycles. The quantitative estimate of drug-likeness (QED) is 0.805. The first-order chi connectivity index (χ1) is 11.6. The number of amides is 2. The molecule has 2 amide bonds. The van der Waals surface area contributed by atoms with Gasteiger partial charge in [-0.15, -0.1) is 0 Å². The van der Waals surface area contributed by atoms with Crippen molar-refractivity contribution in [3.8, 4) is 0 Å². The van der Waals surface area contributed by atoms with E-state index in [4.69, 9.17) is 0 Å². The fraction of sp³-hybridized carbons (Fsp3) is 0.333. The van der Waals surface area contributed by atoms with Gasteiger partial charge in [-0.25, -0.2) is 0 Å². The Bertz CT molecular complexity index is 802. The molecule has 0 spiro atoms. The maximum atomic E-state index is 12.7. The lowest BCUT2D eigenvalue weighted by Crippen LogP contribution is -2.41. The lowest BCUT2D eigenvalue weighted by molar-refractivity contribution is -0.135. The van der Waals surface area contributed by atoms with Crippen LogP contribution in [0.2, 0.25) is 0 Å². The lowest BCUT2D eigenvalue weighted by atomic mass is 9.90. The van der Waals surface area contributed by atoms with Crippen molar-refractivity contribution in [1.29, 1.82) is 0 Å². The predicted octanol–water partition coefficient (Wildman–Crippen LogP) is 4.52. The summed E-state index contributed by atoms with van der Waals surface area (Å²) >= 11 is 0. The topological polar surface area (TPSA) is 58.2 Å². The van der Waals surface area contributed by atoms with E-state index in [-0.39, 0.29) is 11.8 Å². The van der Waals surface area contributed by atoms with Crippen molar-refractivity contribution in [3.05, 3.63) is 58.7 Å². The molecule has 0 fully saturated rings. The zero-order chi connectivity index (χ0) is 18.8. The molecule has 0 radical (unpaired) electrons. The molecule has 0 saturated carbocycles. The monoisotopic (exact) mass is 338 g/mol. The third-order valence-electron chi connectivity index (χ3n) is 4.47. The van der Waals surface area contributed by atoms with Crippen LogP contribution in [0.5, 0.6) is 0 Å². The second-order valence-corrected chi connectivity index (χ2v) is 7.16. The van der Waals surface area contributed by atoms with Crippen molar-refractivity contribution in [2.75, 3.05) is 10.6 Å². The predicted molar refractivity (Wildman–Crippen MR) is 103 cm³/mol. The number of benzene rings is 2. The fourth-order valence-electron chi connectivity index (χ4n) is 2.60. The van der Waals surface area contributed by atoms with Gasteiger partial charge in [0.15, 0.2) is 0 Å². The van der Waals surface area contributed by atoms with Crippen LogP contribution in [0.1, 0.15) is 36.1 Å². The van der Waals surface area contributed by atoms with E-state index >= 15 is 0 Å². The molecule has 4 heteroatoms. The van der Waals surface area contributed by atoms with Crippen LogP contribution in [-0.4, -0.2) is 11.8 Å². The van der Waals surface area contributed by atoms with E-state index in [9.17, 15) is 9.59 Å². The molecule has 0 atom stereocenters. The summed E-state index contributed by atoms with van der Waals surface area (Å²) in [4.78, 5) is 25.4. The summed E-state index contributed by atoms with van der Waals surface area (Å²) in [5.74, 6) is -0.664. The molecular weight excluding hydrogens is 312 g/mol. The van der Waals surface area contributed by atoms with Gasteiger partial charge in [-0.2, -0.15) is 0 Å². The number of rotatable bonds is 4. The first kappa shape index (κ1) is 18.7. The third kappa shape index (κ3) is 4.27. The SMILES string of the molecule is Cc1cc(C)cc(NC(=O)C(C)(C)C(=O)Nc2cccc(C)c2C)c1. The van der Waals surface area contributed by atoms with E-state index in [1.54, 1.807) is 13.8 Å². The molecule has 2 rings (SSSR count). The van der Waals surface area contributed by atoms with Crippen LogP contribution >= 0.6 is 0 Å². The highest BCUT2D eigenvalue weighted by atomic mass is 16.2. The molecule has 4 nitrogen and oxygen atoms in total. The van der Waals surface area contributed by atoms with E-state index in [2.05, 4.69) is 10.6 Å². The Balaban J connectivity index is 2.17. The minimum absolute atomic E-state index is 0.330. The summed E-state index contributed by atoms with van der Waals surface area (Å²) < 4.78 is 0. The maximum Gasteiger partial charge on any atom is 0.239 e. The molecule has 0 aliphatic rings. The smallest absolute Gasteiger partial charge is 0.239 e. The standard InChI is InChI=1S/C21H26N2O2/c1-13-10-14(2)12-17(11-13)22-19(24)21(5,6)20(25)23-18-9-7-8-15(3)16(18)4/h7-12H,1-6H3,(H,22,24)(H,23,25). The highest BCUT2D eigenvalue weighted by Crippen LogP contribution is 2.25. The average Bonchev–Trinajstić information content (AvgIpc) is 2.50. The van der Waals surface area contributed by atoms with Crippen LogP contribution in [-0.2, 0) is 9.59 Å². The number of aryl methyl sites for hydroxylation is 3. The van der Waals surface area contributed by atoms with Crippen LogP contribution in [0.4, 0.5) is 11.4 Å². The van der Waals surface area contributed by atoms with Crippen LogP contribution in [0.25, 0.3) is 0 Å². The summed E-state index contributed by atoms with van der Waals surface area (Å²) in [5.41, 5.74) is 4.46. The molecule has 25 heavy (non-hydrogen) atoms. The van der Waals surface area contributed by atoms with Crippen molar-refractivity contribution in [2.45, 2.75) is 41.5 Å². The largest absolute Gasteiger partial charge is 0.325 e. The van der Waals surface area contributed by atoms with Gasteiger partial charge in [-0.1, -0.05) is 18.2 Å². The first-order valence-corrected chi connectivity index (χ1v) is 8.38. The summed E-state index contributed by atoms with van der Waals surface area (Å²) in [5, 5.41) is 5.74. The molecule has 2 aromatic rings. The van der Waals surface area contributed by atoms with Gasteiger partial charge in [0, 0.05) is 11.4 Å². The second kappa shape index (κ2) is 7.09. The molecule has 0 bridgehead atoms. The molecule has 0 saturated heterocycles. The van der Waals surface area contributed by atoms with Crippen molar-refractivity contribution >= 4 is 23.2 Å². The minimum Gasteiger partial charge on any atom is -0.325 e. The zero-order valence-electron chi connectivity index (χ0n) is 15.8. The Kier molecular flexibility index (Phi) is 5.31. The van der Waals surface area contributed by atoms with Gasteiger partial charge in [0.05, 0.1) is 0 Å². The second-order valence-electron chi connectivity index (χ2n) is 7.16. The highest BCUT2D eigenvalue weighted by Gasteiger charge is 2.36. The zero-order valence-corrected chi connectivity index (χ0v) is 15.8. The van der Waals surface area contributed by atoms with Crippen LogP contribution in [0.3, 0.4) is 0 Å². The number of hydrogen-bond donors (Lipinski definition) is 2. The van der Waals surface area contributed by atoms with E-state index in [1.165, 1.54) is 0 Å². The van der Waals surface area contributed by atoms with E-state index < -0.39 is 5.41 Å². The fourth-order valence-corrected chi connectivity index (χ4v) is 2.60. The number of carbonyl (C=O) groups is 2. The maximum absolute atomic E-state index is 12.7. The van der Waals surface area contributed by atoms with Crippen LogP contribution < -0.4 is 10.6 Å². The molecule has 2 N–H and O–H groups in total. The molecule has 2 aromatic carbocycles. The van der Waals surface area contributed by atoms with E-state index in [1.807, 2.05) is 64.1 Å². The normalized spacial score (nSPS) is 11.1. The highest BCUT2D eigenvalue weighted by molar-refractivity contribution is 6.14. The average molecular weight is 338 g/mol. The van der Waals surface area contributed by atoms with Gasteiger partial charge in [0.25, 0.3) is 0 Å². The summed E-state index contributed by atoms with van der Waals surface area (Å²) in [6, 6.07) is 11.5. The summed E-state index contributed by atoms with van der Waals surface area (Å²) in [6.07, 6.45) is 0. The van der Waals surface area contributed by atoms with Gasteiger partial charge < -0.3 is 10.6 Å². The molecule has 132 valence electrons. The molecule has 0 unspecified atom stereocenters. The summed E-state index contributed by atoms with van der Waals surface area (Å²) in [6.45, 7) is 11.1. The van der Waals surface area contributed by atoms with Crippen molar-refractivity contribution < 1.29 is 9.59 Å². The Morgan fingerprint density at radius 3 is 2.00 bits per heavy atom. The van der Waals surface area contributed by atoms with Gasteiger partial charge in [0.1, 0.15) is 5.41 Å². The number of carbonyl (C=O) groups excluding carboxylic acids is 2. The van der Waals surface area contributed by atoms with Crippen molar-refractivity contribution in [3.63, 3.8) is 0 Å². The van der Waals surface area contributed by atoms with E-state index in [0.29, 0.717) is 5.69 Å². The van der Waals surface area contributed by atoms with Gasteiger partial charge in [-0.3, -0.25) is 9.59 Å². The Labute approximate surface area is 149 Å². The first-order valence-electron chi connectivity index (χ1n) is 8.38. The minimum atomic E-state index is -1.20. The van der Waals surface area contributed by atoms with Gasteiger partial charge >= 0.3 is 0 Å². The molecule has 0 heterocycles. The lowest BCUT2D eigenvalue weighted by Gasteiger charge is -2.23. The summed E-state index contributed by atoms with van der Waals surface area (Å²) in [7, 11) is 0.